The SMILES string of the molecule is CCNC(=O)[C@H](C)N(Cc1ccccc1)C(=O)CN(C)S(=O)(=O)c1ccc(C)cc1. The molecule has 2 aromatic rings. The summed E-state index contributed by atoms with van der Waals surface area (Å²) in [6.07, 6.45) is 0. The topological polar surface area (TPSA) is 86.8 Å². The maximum absolute atomic E-state index is 13.1. The van der Waals surface area contributed by atoms with E-state index in [1.54, 1.807) is 26.0 Å². The Morgan fingerprint density at radius 1 is 1.03 bits per heavy atom. The molecule has 0 aliphatic carbocycles. The Bertz CT molecular complexity index is 960. The Morgan fingerprint density at radius 3 is 2.20 bits per heavy atom. The second-order valence-corrected chi connectivity index (χ2v) is 9.20. The zero-order valence-corrected chi connectivity index (χ0v) is 18.6. The van der Waals surface area contributed by atoms with Crippen molar-refractivity contribution in [2.75, 3.05) is 20.1 Å². The fourth-order valence-electron chi connectivity index (χ4n) is 2.94. The van der Waals surface area contributed by atoms with Crippen LogP contribution in [-0.2, 0) is 26.2 Å². The number of amides is 2. The third-order valence-corrected chi connectivity index (χ3v) is 6.62. The Morgan fingerprint density at radius 2 is 1.63 bits per heavy atom. The maximum Gasteiger partial charge on any atom is 0.243 e. The van der Waals surface area contributed by atoms with Gasteiger partial charge in [-0.3, -0.25) is 9.59 Å². The average Bonchev–Trinajstić information content (AvgIpc) is 2.72. The van der Waals surface area contributed by atoms with E-state index in [-0.39, 0.29) is 23.9 Å². The van der Waals surface area contributed by atoms with Gasteiger partial charge in [0, 0.05) is 20.1 Å². The van der Waals surface area contributed by atoms with E-state index < -0.39 is 22.0 Å². The molecule has 2 amide bonds. The summed E-state index contributed by atoms with van der Waals surface area (Å²) in [6.45, 7) is 5.59. The van der Waals surface area contributed by atoms with Crippen molar-refractivity contribution >= 4 is 21.8 Å². The number of rotatable bonds is 9. The minimum atomic E-state index is -3.83. The van der Waals surface area contributed by atoms with Gasteiger partial charge >= 0.3 is 0 Å². The summed E-state index contributed by atoms with van der Waals surface area (Å²) in [5, 5.41) is 2.72. The van der Waals surface area contributed by atoms with E-state index in [1.165, 1.54) is 24.1 Å². The molecule has 8 heteroatoms. The molecular formula is C22H29N3O4S. The van der Waals surface area contributed by atoms with Crippen molar-refractivity contribution in [3.63, 3.8) is 0 Å². The summed E-state index contributed by atoms with van der Waals surface area (Å²) in [5.74, 6) is -0.735. The van der Waals surface area contributed by atoms with Gasteiger partial charge in [0.2, 0.25) is 21.8 Å². The Balaban J connectivity index is 2.23. The lowest BCUT2D eigenvalue weighted by Gasteiger charge is -2.30. The lowest BCUT2D eigenvalue weighted by Crippen LogP contribution is -2.50. The number of carbonyl (C=O) groups is 2. The number of carbonyl (C=O) groups excluding carboxylic acids is 2. The number of nitrogens with zero attached hydrogens (tertiary/aromatic N) is 2. The molecule has 0 aliphatic rings. The van der Waals surface area contributed by atoms with Gasteiger partial charge in [0.25, 0.3) is 0 Å². The number of aryl methyl sites for hydroxylation is 1. The molecule has 1 N–H and O–H groups in total. The predicted octanol–water partition coefficient (Wildman–Crippen LogP) is 2.17. The summed E-state index contributed by atoms with van der Waals surface area (Å²) < 4.78 is 26.7. The van der Waals surface area contributed by atoms with Gasteiger partial charge in [-0.15, -0.1) is 0 Å². The van der Waals surface area contributed by atoms with E-state index in [1.807, 2.05) is 37.3 Å². The van der Waals surface area contributed by atoms with Gasteiger partial charge in [-0.25, -0.2) is 8.42 Å². The van der Waals surface area contributed by atoms with Gasteiger partial charge in [0.15, 0.2) is 0 Å². The average molecular weight is 432 g/mol. The summed E-state index contributed by atoms with van der Waals surface area (Å²) in [7, 11) is -2.46. The highest BCUT2D eigenvalue weighted by Crippen LogP contribution is 2.16. The molecule has 0 unspecified atom stereocenters. The Kier molecular flexibility index (Phi) is 8.14. The first-order chi connectivity index (χ1) is 14.2. The summed E-state index contributed by atoms with van der Waals surface area (Å²) in [4.78, 5) is 27.0. The maximum atomic E-state index is 13.1. The number of sulfonamides is 1. The molecule has 0 saturated heterocycles. The van der Waals surface area contributed by atoms with Gasteiger partial charge in [-0.05, 0) is 38.5 Å². The Labute approximate surface area is 178 Å². The molecule has 0 fully saturated rings. The molecule has 1 atom stereocenters. The second kappa shape index (κ2) is 10.4. The monoisotopic (exact) mass is 431 g/mol. The van der Waals surface area contributed by atoms with Gasteiger partial charge in [-0.1, -0.05) is 48.0 Å². The van der Waals surface area contributed by atoms with Crippen molar-refractivity contribution in [1.82, 2.24) is 14.5 Å². The zero-order valence-electron chi connectivity index (χ0n) is 17.8. The molecule has 7 nitrogen and oxygen atoms in total. The zero-order chi connectivity index (χ0) is 22.3. The summed E-state index contributed by atoms with van der Waals surface area (Å²) >= 11 is 0. The molecule has 0 saturated carbocycles. The first kappa shape index (κ1) is 23.6. The van der Waals surface area contributed by atoms with Crippen LogP contribution in [0.25, 0.3) is 0 Å². The smallest absolute Gasteiger partial charge is 0.243 e. The largest absolute Gasteiger partial charge is 0.355 e. The molecule has 162 valence electrons. The molecule has 0 aliphatic heterocycles. The molecule has 0 aromatic heterocycles. The van der Waals surface area contributed by atoms with Gasteiger partial charge < -0.3 is 10.2 Å². The number of hydrogen-bond donors (Lipinski definition) is 1. The van der Waals surface area contributed by atoms with Crippen LogP contribution in [0.3, 0.4) is 0 Å². The minimum absolute atomic E-state index is 0.120. The van der Waals surface area contributed by atoms with Crippen molar-refractivity contribution in [2.45, 2.75) is 38.3 Å². The van der Waals surface area contributed by atoms with Crippen molar-refractivity contribution in [3.05, 3.63) is 65.7 Å². The van der Waals surface area contributed by atoms with Crippen LogP contribution in [0.5, 0.6) is 0 Å². The van der Waals surface area contributed by atoms with Crippen LogP contribution in [0.4, 0.5) is 0 Å². The molecule has 0 heterocycles. The van der Waals surface area contributed by atoms with Crippen LogP contribution >= 0.6 is 0 Å². The van der Waals surface area contributed by atoms with Crippen LogP contribution in [0.1, 0.15) is 25.0 Å². The van der Waals surface area contributed by atoms with Crippen molar-refractivity contribution in [3.8, 4) is 0 Å². The minimum Gasteiger partial charge on any atom is -0.355 e. The fourth-order valence-corrected chi connectivity index (χ4v) is 4.06. The van der Waals surface area contributed by atoms with E-state index >= 15 is 0 Å². The molecule has 0 spiro atoms. The quantitative estimate of drug-likeness (QED) is 0.659. The summed E-state index contributed by atoms with van der Waals surface area (Å²) in [6, 6.07) is 15.0. The third-order valence-electron chi connectivity index (χ3n) is 4.80. The lowest BCUT2D eigenvalue weighted by molar-refractivity contribution is -0.140. The van der Waals surface area contributed by atoms with Gasteiger partial charge in [0.1, 0.15) is 6.04 Å². The van der Waals surface area contributed by atoms with Crippen LogP contribution < -0.4 is 5.32 Å². The third kappa shape index (κ3) is 5.90. The number of hydrogen-bond acceptors (Lipinski definition) is 4. The van der Waals surface area contributed by atoms with Crippen LogP contribution in [-0.4, -0.2) is 55.6 Å². The highest BCUT2D eigenvalue weighted by molar-refractivity contribution is 7.89. The standard InChI is InChI=1S/C22H29N3O4S/c1-5-23-22(27)18(3)25(15-19-9-7-6-8-10-19)21(26)16-24(4)30(28,29)20-13-11-17(2)12-14-20/h6-14,18H,5,15-16H2,1-4H3,(H,23,27)/t18-/m0/s1. The van der Waals surface area contributed by atoms with E-state index in [9.17, 15) is 18.0 Å². The highest BCUT2D eigenvalue weighted by Gasteiger charge is 2.30. The molecule has 30 heavy (non-hydrogen) atoms. The molecule has 0 radical (unpaired) electrons. The molecule has 0 bridgehead atoms. The molecule has 2 rings (SSSR count). The van der Waals surface area contributed by atoms with Crippen molar-refractivity contribution in [2.24, 2.45) is 0 Å². The first-order valence-electron chi connectivity index (χ1n) is 9.81. The molecular weight excluding hydrogens is 402 g/mol. The first-order valence-corrected chi connectivity index (χ1v) is 11.2. The fraction of sp³-hybridized carbons (Fsp3) is 0.364. The van der Waals surface area contributed by atoms with Gasteiger partial charge in [-0.2, -0.15) is 4.31 Å². The van der Waals surface area contributed by atoms with Crippen molar-refractivity contribution < 1.29 is 18.0 Å². The van der Waals surface area contributed by atoms with Gasteiger partial charge in [0.05, 0.1) is 11.4 Å². The van der Waals surface area contributed by atoms with E-state index in [0.29, 0.717) is 6.54 Å². The summed E-state index contributed by atoms with van der Waals surface area (Å²) in [5.41, 5.74) is 1.79. The normalized spacial score (nSPS) is 12.4. The second-order valence-electron chi connectivity index (χ2n) is 7.15. The highest BCUT2D eigenvalue weighted by atomic mass is 32.2. The number of benzene rings is 2. The molecule has 2 aromatic carbocycles. The van der Waals surface area contributed by atoms with Crippen LogP contribution in [0.15, 0.2) is 59.5 Å². The van der Waals surface area contributed by atoms with Crippen LogP contribution in [0.2, 0.25) is 0 Å². The number of likely N-dealkylation sites (N-methyl/N-ethyl adjacent to an activating group) is 2. The lowest BCUT2D eigenvalue weighted by atomic mass is 10.1. The predicted molar refractivity (Wildman–Crippen MR) is 116 cm³/mol. The number of nitrogens with one attached hydrogen (secondary N) is 1. The Hall–Kier alpha value is -2.71. The van der Waals surface area contributed by atoms with E-state index in [0.717, 1.165) is 15.4 Å². The van der Waals surface area contributed by atoms with Crippen LogP contribution in [0, 0.1) is 6.92 Å². The van der Waals surface area contributed by atoms with E-state index in [2.05, 4.69) is 5.32 Å². The van der Waals surface area contributed by atoms with Crippen molar-refractivity contribution in [1.29, 1.82) is 0 Å². The van der Waals surface area contributed by atoms with E-state index in [4.69, 9.17) is 0 Å².